The SMILES string of the molecule is O=C(CSc1nnc(C2CCCCC2)o1)Nc1nccs1. The van der Waals surface area contributed by atoms with Crippen molar-refractivity contribution in [3.63, 3.8) is 0 Å². The van der Waals surface area contributed by atoms with E-state index in [-0.39, 0.29) is 11.7 Å². The second kappa shape index (κ2) is 7.04. The average Bonchev–Trinajstić information content (AvgIpc) is 3.17. The van der Waals surface area contributed by atoms with E-state index in [1.165, 1.54) is 42.4 Å². The van der Waals surface area contributed by atoms with Crippen LogP contribution in [-0.2, 0) is 4.79 Å². The first-order valence-corrected chi connectivity index (χ1v) is 8.83. The van der Waals surface area contributed by atoms with E-state index in [1.54, 1.807) is 6.20 Å². The van der Waals surface area contributed by atoms with Crippen molar-refractivity contribution in [2.24, 2.45) is 0 Å². The van der Waals surface area contributed by atoms with Gasteiger partial charge in [-0.3, -0.25) is 4.79 Å². The van der Waals surface area contributed by atoms with Gasteiger partial charge in [0, 0.05) is 17.5 Å². The van der Waals surface area contributed by atoms with Gasteiger partial charge in [0.2, 0.25) is 11.8 Å². The van der Waals surface area contributed by atoms with Gasteiger partial charge in [-0.05, 0) is 12.8 Å². The summed E-state index contributed by atoms with van der Waals surface area (Å²) in [6.45, 7) is 0. The Balaban J connectivity index is 1.49. The Morgan fingerprint density at radius 1 is 1.38 bits per heavy atom. The molecule has 1 saturated carbocycles. The van der Waals surface area contributed by atoms with Crippen LogP contribution in [0.3, 0.4) is 0 Å². The van der Waals surface area contributed by atoms with Crippen molar-refractivity contribution in [2.45, 2.75) is 43.2 Å². The van der Waals surface area contributed by atoms with E-state index in [0.717, 1.165) is 18.7 Å². The summed E-state index contributed by atoms with van der Waals surface area (Å²) in [5, 5.41) is 13.7. The van der Waals surface area contributed by atoms with Gasteiger partial charge >= 0.3 is 0 Å². The van der Waals surface area contributed by atoms with Crippen LogP contribution in [0.4, 0.5) is 5.13 Å². The number of carbonyl (C=O) groups is 1. The summed E-state index contributed by atoms with van der Waals surface area (Å²) in [6.07, 6.45) is 7.65. The predicted octanol–water partition coefficient (Wildman–Crippen LogP) is 3.30. The van der Waals surface area contributed by atoms with Gasteiger partial charge in [0.05, 0.1) is 5.75 Å². The van der Waals surface area contributed by atoms with Crippen LogP contribution in [-0.4, -0.2) is 26.8 Å². The Bertz CT molecular complexity index is 579. The normalized spacial score (nSPS) is 16.0. The molecule has 1 N–H and O–H groups in total. The highest BCUT2D eigenvalue weighted by Gasteiger charge is 2.21. The molecule has 2 heterocycles. The van der Waals surface area contributed by atoms with Crippen LogP contribution in [0.5, 0.6) is 0 Å². The highest BCUT2D eigenvalue weighted by atomic mass is 32.2. The summed E-state index contributed by atoms with van der Waals surface area (Å²) in [5.41, 5.74) is 0. The van der Waals surface area contributed by atoms with Crippen LogP contribution < -0.4 is 5.32 Å². The van der Waals surface area contributed by atoms with Gasteiger partial charge in [-0.15, -0.1) is 21.5 Å². The van der Waals surface area contributed by atoms with Crippen LogP contribution in [0.1, 0.15) is 43.9 Å². The number of aromatic nitrogens is 3. The van der Waals surface area contributed by atoms with Gasteiger partial charge in [-0.1, -0.05) is 31.0 Å². The lowest BCUT2D eigenvalue weighted by molar-refractivity contribution is -0.113. The Morgan fingerprint density at radius 2 is 2.24 bits per heavy atom. The Labute approximate surface area is 130 Å². The molecular formula is C13H16N4O2S2. The zero-order valence-electron chi connectivity index (χ0n) is 11.4. The highest BCUT2D eigenvalue weighted by Crippen LogP contribution is 2.32. The first-order valence-electron chi connectivity index (χ1n) is 6.97. The quantitative estimate of drug-likeness (QED) is 0.850. The standard InChI is InChI=1S/C13H16N4O2S2/c18-10(15-12-14-6-7-20-12)8-21-13-17-16-11(19-13)9-4-2-1-3-5-9/h6-7,9H,1-5,8H2,(H,14,15,18). The molecule has 0 unspecified atom stereocenters. The zero-order chi connectivity index (χ0) is 14.5. The highest BCUT2D eigenvalue weighted by molar-refractivity contribution is 7.99. The zero-order valence-corrected chi connectivity index (χ0v) is 13.1. The van der Waals surface area contributed by atoms with Gasteiger partial charge in [0.15, 0.2) is 5.13 Å². The molecule has 0 aliphatic heterocycles. The first-order chi connectivity index (χ1) is 10.3. The van der Waals surface area contributed by atoms with E-state index in [0.29, 0.717) is 16.3 Å². The van der Waals surface area contributed by atoms with Crippen molar-refractivity contribution in [3.8, 4) is 0 Å². The van der Waals surface area contributed by atoms with Gasteiger partial charge in [0.1, 0.15) is 0 Å². The maximum atomic E-state index is 11.7. The fourth-order valence-electron chi connectivity index (χ4n) is 2.36. The number of rotatable bonds is 5. The van der Waals surface area contributed by atoms with Gasteiger partial charge < -0.3 is 9.73 Å². The number of thioether (sulfide) groups is 1. The molecule has 1 amide bonds. The number of anilines is 1. The van der Waals surface area contributed by atoms with Crippen LogP contribution in [0.25, 0.3) is 0 Å². The molecule has 6 nitrogen and oxygen atoms in total. The Morgan fingerprint density at radius 3 is 3.00 bits per heavy atom. The Hall–Kier alpha value is -1.41. The Kier molecular flexibility index (Phi) is 4.87. The van der Waals surface area contributed by atoms with Crippen LogP contribution in [0.15, 0.2) is 21.2 Å². The van der Waals surface area contributed by atoms with Crippen molar-refractivity contribution in [3.05, 3.63) is 17.5 Å². The molecule has 21 heavy (non-hydrogen) atoms. The molecule has 0 spiro atoms. The second-order valence-electron chi connectivity index (χ2n) is 4.92. The number of hydrogen-bond acceptors (Lipinski definition) is 7. The minimum atomic E-state index is -0.118. The van der Waals surface area contributed by atoms with Crippen molar-refractivity contribution in [1.82, 2.24) is 15.2 Å². The van der Waals surface area contributed by atoms with Gasteiger partial charge in [0.25, 0.3) is 5.22 Å². The number of amides is 1. The predicted molar refractivity (Wildman–Crippen MR) is 81.6 cm³/mol. The minimum Gasteiger partial charge on any atom is -0.416 e. The molecule has 112 valence electrons. The van der Waals surface area contributed by atoms with Gasteiger partial charge in [-0.2, -0.15) is 0 Å². The van der Waals surface area contributed by atoms with Crippen LogP contribution in [0, 0.1) is 0 Å². The summed E-state index contributed by atoms with van der Waals surface area (Å²) in [5.74, 6) is 1.24. The van der Waals surface area contributed by atoms with E-state index >= 15 is 0 Å². The third kappa shape index (κ3) is 4.04. The fourth-order valence-corrected chi connectivity index (χ4v) is 3.48. The molecule has 3 rings (SSSR count). The molecule has 0 radical (unpaired) electrons. The molecular weight excluding hydrogens is 308 g/mol. The third-order valence-electron chi connectivity index (χ3n) is 3.38. The summed E-state index contributed by atoms with van der Waals surface area (Å²) >= 11 is 2.65. The number of nitrogens with zero attached hydrogens (tertiary/aromatic N) is 3. The molecule has 0 bridgehead atoms. The number of nitrogens with one attached hydrogen (secondary N) is 1. The van der Waals surface area contributed by atoms with Crippen LogP contribution in [0.2, 0.25) is 0 Å². The molecule has 0 atom stereocenters. The van der Waals surface area contributed by atoms with E-state index in [4.69, 9.17) is 4.42 Å². The van der Waals surface area contributed by atoms with Crippen molar-refractivity contribution < 1.29 is 9.21 Å². The van der Waals surface area contributed by atoms with Crippen molar-refractivity contribution in [1.29, 1.82) is 0 Å². The first kappa shape index (κ1) is 14.5. The summed E-state index contributed by atoms with van der Waals surface area (Å²) in [4.78, 5) is 15.7. The fraction of sp³-hybridized carbons (Fsp3) is 0.538. The number of thiazole rings is 1. The lowest BCUT2D eigenvalue weighted by Crippen LogP contribution is -2.13. The molecule has 2 aromatic heterocycles. The largest absolute Gasteiger partial charge is 0.416 e. The monoisotopic (exact) mass is 324 g/mol. The molecule has 8 heteroatoms. The smallest absolute Gasteiger partial charge is 0.277 e. The van der Waals surface area contributed by atoms with Gasteiger partial charge in [-0.25, -0.2) is 4.98 Å². The lowest BCUT2D eigenvalue weighted by Gasteiger charge is -2.17. The van der Waals surface area contributed by atoms with Crippen LogP contribution >= 0.6 is 23.1 Å². The molecule has 1 fully saturated rings. The molecule has 1 aliphatic carbocycles. The molecule has 1 aliphatic rings. The third-order valence-corrected chi connectivity index (χ3v) is 4.89. The molecule has 0 aromatic carbocycles. The second-order valence-corrected chi connectivity index (χ2v) is 6.74. The summed E-state index contributed by atoms with van der Waals surface area (Å²) < 4.78 is 5.66. The maximum absolute atomic E-state index is 11.7. The van der Waals surface area contributed by atoms with Crippen molar-refractivity contribution in [2.75, 3.05) is 11.1 Å². The van der Waals surface area contributed by atoms with E-state index in [1.807, 2.05) is 5.38 Å². The van der Waals surface area contributed by atoms with E-state index in [2.05, 4.69) is 20.5 Å². The maximum Gasteiger partial charge on any atom is 0.277 e. The minimum absolute atomic E-state index is 0.118. The van der Waals surface area contributed by atoms with E-state index < -0.39 is 0 Å². The average molecular weight is 324 g/mol. The number of hydrogen-bond donors (Lipinski definition) is 1. The summed E-state index contributed by atoms with van der Waals surface area (Å²) in [7, 11) is 0. The van der Waals surface area contributed by atoms with Crippen molar-refractivity contribution >= 4 is 34.1 Å². The molecule has 2 aromatic rings. The molecule has 0 saturated heterocycles. The number of carbonyl (C=O) groups excluding carboxylic acids is 1. The van der Waals surface area contributed by atoms with E-state index in [9.17, 15) is 4.79 Å². The lowest BCUT2D eigenvalue weighted by atomic mass is 9.89. The summed E-state index contributed by atoms with van der Waals surface area (Å²) in [6, 6.07) is 0. The topological polar surface area (TPSA) is 80.9 Å².